The van der Waals surface area contributed by atoms with Gasteiger partial charge in [0.15, 0.2) is 11.6 Å². The number of hydrogen-bond acceptors (Lipinski definition) is 4. The average Bonchev–Trinajstić information content (AvgIpc) is 2.87. The third kappa shape index (κ3) is 2.18. The third-order valence-corrected chi connectivity index (χ3v) is 2.29. The zero-order valence-electron chi connectivity index (χ0n) is 9.30. The number of carbonyl (C=O) groups excluding carboxylic acids is 1. The molecule has 5 nitrogen and oxygen atoms in total. The summed E-state index contributed by atoms with van der Waals surface area (Å²) in [5.41, 5.74) is 0.694. The van der Waals surface area contributed by atoms with Crippen LogP contribution in [-0.2, 0) is 13.0 Å². The lowest BCUT2D eigenvalue weighted by molar-refractivity contribution is 0.101. The summed E-state index contributed by atoms with van der Waals surface area (Å²) in [5.74, 6) is 1.32. The number of Topliss-reactive ketones (excluding diaryl/α,β-unsaturated/α-hetero) is 1. The second-order valence-corrected chi connectivity index (χ2v) is 3.59. The van der Waals surface area contributed by atoms with Gasteiger partial charge in [0.25, 0.3) is 0 Å². The largest absolute Gasteiger partial charge is 0.346 e. The number of ketones is 1. The van der Waals surface area contributed by atoms with Crippen LogP contribution in [0.3, 0.4) is 0 Å². The summed E-state index contributed by atoms with van der Waals surface area (Å²) in [7, 11) is 0. The fourth-order valence-electron chi connectivity index (χ4n) is 1.41. The van der Waals surface area contributed by atoms with Gasteiger partial charge < -0.3 is 9.09 Å². The molecule has 0 fully saturated rings. The maximum Gasteiger partial charge on any atom is 0.226 e. The van der Waals surface area contributed by atoms with Crippen LogP contribution in [0, 0.1) is 0 Å². The van der Waals surface area contributed by atoms with Crippen LogP contribution in [0.5, 0.6) is 0 Å². The van der Waals surface area contributed by atoms with Crippen molar-refractivity contribution in [2.24, 2.45) is 0 Å². The standard InChI is InChI=1S/C11H13N3O2/c1-3-11-12-10(13-16-11)7-14-5-4-9(6-14)8(2)15/h4-6H,3,7H2,1-2H3. The lowest BCUT2D eigenvalue weighted by Gasteiger charge is -1.95. The van der Waals surface area contributed by atoms with E-state index in [1.165, 1.54) is 0 Å². The van der Waals surface area contributed by atoms with E-state index in [1.54, 1.807) is 19.2 Å². The Morgan fingerprint density at radius 1 is 1.56 bits per heavy atom. The number of aryl methyl sites for hydroxylation is 1. The summed E-state index contributed by atoms with van der Waals surface area (Å²) < 4.78 is 6.86. The first-order chi connectivity index (χ1) is 7.69. The maximum atomic E-state index is 11.1. The quantitative estimate of drug-likeness (QED) is 0.734. The minimum Gasteiger partial charge on any atom is -0.346 e. The van der Waals surface area contributed by atoms with E-state index in [4.69, 9.17) is 4.52 Å². The van der Waals surface area contributed by atoms with Crippen molar-refractivity contribution in [3.63, 3.8) is 0 Å². The van der Waals surface area contributed by atoms with Crippen LogP contribution in [-0.4, -0.2) is 20.5 Å². The molecule has 0 unspecified atom stereocenters. The van der Waals surface area contributed by atoms with Gasteiger partial charge in [-0.2, -0.15) is 4.98 Å². The predicted molar refractivity (Wildman–Crippen MR) is 57.2 cm³/mol. The molecule has 0 saturated heterocycles. The normalized spacial score (nSPS) is 10.6. The van der Waals surface area contributed by atoms with E-state index < -0.39 is 0 Å². The van der Waals surface area contributed by atoms with Crippen molar-refractivity contribution >= 4 is 5.78 Å². The Labute approximate surface area is 93.1 Å². The average molecular weight is 219 g/mol. The van der Waals surface area contributed by atoms with Gasteiger partial charge in [-0.1, -0.05) is 12.1 Å². The Balaban J connectivity index is 2.11. The van der Waals surface area contributed by atoms with Crippen molar-refractivity contribution in [2.75, 3.05) is 0 Å². The Kier molecular flexibility index (Phi) is 2.85. The topological polar surface area (TPSA) is 60.9 Å². The van der Waals surface area contributed by atoms with Crippen molar-refractivity contribution < 1.29 is 9.32 Å². The number of nitrogens with zero attached hydrogens (tertiary/aromatic N) is 3. The van der Waals surface area contributed by atoms with Crippen LogP contribution in [0.4, 0.5) is 0 Å². The summed E-state index contributed by atoms with van der Waals surface area (Å²) in [4.78, 5) is 15.3. The Bertz CT molecular complexity index is 499. The van der Waals surface area contributed by atoms with E-state index in [-0.39, 0.29) is 5.78 Å². The van der Waals surface area contributed by atoms with Crippen LogP contribution < -0.4 is 0 Å². The van der Waals surface area contributed by atoms with Crippen LogP contribution in [0.1, 0.15) is 35.9 Å². The predicted octanol–water partition coefficient (Wildman–Crippen LogP) is 1.68. The highest BCUT2D eigenvalue weighted by Crippen LogP contribution is 2.05. The van der Waals surface area contributed by atoms with Crippen LogP contribution in [0.2, 0.25) is 0 Å². The van der Waals surface area contributed by atoms with Crippen molar-refractivity contribution in [1.82, 2.24) is 14.7 Å². The van der Waals surface area contributed by atoms with Crippen LogP contribution in [0.15, 0.2) is 23.0 Å². The van der Waals surface area contributed by atoms with Gasteiger partial charge in [0, 0.05) is 24.4 Å². The molecule has 0 aliphatic rings. The fraction of sp³-hybridized carbons (Fsp3) is 0.364. The summed E-state index contributed by atoms with van der Waals surface area (Å²) in [6.45, 7) is 4.03. The molecule has 0 amide bonds. The summed E-state index contributed by atoms with van der Waals surface area (Å²) in [5, 5.41) is 3.84. The van der Waals surface area contributed by atoms with Gasteiger partial charge in [-0.15, -0.1) is 0 Å². The molecule has 0 spiro atoms. The highest BCUT2D eigenvalue weighted by atomic mass is 16.5. The first-order valence-electron chi connectivity index (χ1n) is 5.17. The van der Waals surface area contributed by atoms with Crippen LogP contribution >= 0.6 is 0 Å². The highest BCUT2D eigenvalue weighted by Gasteiger charge is 2.06. The van der Waals surface area contributed by atoms with Crippen molar-refractivity contribution in [3.8, 4) is 0 Å². The molecular formula is C11H13N3O2. The Morgan fingerprint density at radius 2 is 2.38 bits per heavy atom. The SMILES string of the molecule is CCc1nc(Cn2ccc(C(C)=O)c2)no1. The van der Waals surface area contributed by atoms with E-state index in [0.29, 0.717) is 23.8 Å². The van der Waals surface area contributed by atoms with E-state index >= 15 is 0 Å². The second kappa shape index (κ2) is 4.30. The first kappa shape index (κ1) is 10.6. The zero-order chi connectivity index (χ0) is 11.5. The molecule has 84 valence electrons. The lowest BCUT2D eigenvalue weighted by atomic mass is 10.2. The van der Waals surface area contributed by atoms with Gasteiger partial charge in [-0.3, -0.25) is 4.79 Å². The molecule has 0 atom stereocenters. The fourth-order valence-corrected chi connectivity index (χ4v) is 1.41. The molecular weight excluding hydrogens is 206 g/mol. The van der Waals surface area contributed by atoms with Gasteiger partial charge in [-0.05, 0) is 13.0 Å². The molecule has 2 aromatic heterocycles. The molecule has 0 aromatic carbocycles. The summed E-state index contributed by atoms with van der Waals surface area (Å²) in [6.07, 6.45) is 4.35. The first-order valence-corrected chi connectivity index (χ1v) is 5.17. The minimum atomic E-state index is 0.0566. The molecule has 0 radical (unpaired) electrons. The number of carbonyl (C=O) groups is 1. The van der Waals surface area contributed by atoms with E-state index in [2.05, 4.69) is 10.1 Å². The van der Waals surface area contributed by atoms with Gasteiger partial charge in [0.05, 0.1) is 6.54 Å². The molecule has 0 N–H and O–H groups in total. The molecule has 5 heteroatoms. The molecule has 16 heavy (non-hydrogen) atoms. The Morgan fingerprint density at radius 3 is 2.94 bits per heavy atom. The number of hydrogen-bond donors (Lipinski definition) is 0. The minimum absolute atomic E-state index is 0.0566. The van der Waals surface area contributed by atoms with E-state index in [9.17, 15) is 4.79 Å². The lowest BCUT2D eigenvalue weighted by Crippen LogP contribution is -1.99. The second-order valence-electron chi connectivity index (χ2n) is 3.59. The Hall–Kier alpha value is -1.91. The van der Waals surface area contributed by atoms with Crippen molar-refractivity contribution in [3.05, 3.63) is 35.7 Å². The van der Waals surface area contributed by atoms with Crippen LogP contribution in [0.25, 0.3) is 0 Å². The van der Waals surface area contributed by atoms with Crippen molar-refractivity contribution in [2.45, 2.75) is 26.8 Å². The zero-order valence-corrected chi connectivity index (χ0v) is 9.30. The third-order valence-electron chi connectivity index (χ3n) is 2.29. The molecule has 2 rings (SSSR count). The van der Waals surface area contributed by atoms with E-state index in [0.717, 1.165) is 6.42 Å². The number of aromatic nitrogens is 3. The maximum absolute atomic E-state index is 11.1. The smallest absolute Gasteiger partial charge is 0.226 e. The van der Waals surface area contributed by atoms with Crippen molar-refractivity contribution in [1.29, 1.82) is 0 Å². The molecule has 0 aliphatic carbocycles. The number of rotatable bonds is 4. The molecule has 0 saturated carbocycles. The molecule has 0 bridgehead atoms. The van der Waals surface area contributed by atoms with Gasteiger partial charge >= 0.3 is 0 Å². The molecule has 2 aromatic rings. The monoisotopic (exact) mass is 219 g/mol. The van der Waals surface area contributed by atoms with Gasteiger partial charge in [0.1, 0.15) is 0 Å². The van der Waals surface area contributed by atoms with Gasteiger partial charge in [-0.25, -0.2) is 0 Å². The van der Waals surface area contributed by atoms with E-state index in [1.807, 2.05) is 17.7 Å². The molecule has 2 heterocycles. The van der Waals surface area contributed by atoms with Gasteiger partial charge in [0.2, 0.25) is 5.89 Å². The highest BCUT2D eigenvalue weighted by molar-refractivity contribution is 5.93. The summed E-state index contributed by atoms with van der Waals surface area (Å²) >= 11 is 0. The summed E-state index contributed by atoms with van der Waals surface area (Å²) in [6, 6.07) is 1.78. The molecule has 0 aliphatic heterocycles.